The molecule has 0 aromatic carbocycles. The minimum atomic E-state index is -1.38. The maximum atomic E-state index is 10.5. The molecule has 5 unspecified atom stereocenters. The van der Waals surface area contributed by atoms with Crippen molar-refractivity contribution in [1.82, 2.24) is 5.32 Å². The lowest BCUT2D eigenvalue weighted by Gasteiger charge is -2.47. The summed E-state index contributed by atoms with van der Waals surface area (Å²) in [5.74, 6) is 0.374. The Morgan fingerprint density at radius 3 is 2.22 bits per heavy atom. The SMILES string of the molecule is CC(C)CN[C@@H]1CC(N)[C@@H](O[C@H]2OC(C(C)O)[C@@H](O)C(O)[C@@H]2N)C(O)[C@@H]1O. The van der Waals surface area contributed by atoms with E-state index in [9.17, 15) is 25.5 Å². The summed E-state index contributed by atoms with van der Waals surface area (Å²) < 4.78 is 11.2. The van der Waals surface area contributed by atoms with Crippen molar-refractivity contribution in [3.05, 3.63) is 0 Å². The van der Waals surface area contributed by atoms with Crippen LogP contribution >= 0.6 is 0 Å². The molecule has 10 heteroatoms. The zero-order valence-electron chi connectivity index (χ0n) is 16.0. The molecule has 0 bridgehead atoms. The fourth-order valence-electron chi connectivity index (χ4n) is 3.61. The largest absolute Gasteiger partial charge is 0.391 e. The standard InChI is InChI=1S/C17H35N3O7/c1-6(2)5-20-9-4-8(18)16(13(24)11(9)22)27-17-10(19)12(23)14(25)15(26-17)7(3)21/h6-17,20-25H,4-5,18-19H2,1-3H3/t7?,8?,9-,10+,11-,12?,13?,14+,15?,16-,17-/m1/s1. The van der Waals surface area contributed by atoms with Crippen LogP contribution in [0, 0.1) is 5.92 Å². The van der Waals surface area contributed by atoms with Gasteiger partial charge in [-0.05, 0) is 25.8 Å². The highest BCUT2D eigenvalue weighted by molar-refractivity contribution is 5.00. The Labute approximate surface area is 159 Å². The molecule has 2 fully saturated rings. The number of nitrogens with two attached hydrogens (primary N) is 2. The van der Waals surface area contributed by atoms with Gasteiger partial charge in [-0.15, -0.1) is 0 Å². The predicted octanol–water partition coefficient (Wildman–Crippen LogP) is -3.41. The molecule has 10 N–H and O–H groups in total. The molecule has 1 saturated heterocycles. The highest BCUT2D eigenvalue weighted by Gasteiger charge is 2.49. The van der Waals surface area contributed by atoms with Crippen LogP contribution in [-0.2, 0) is 9.47 Å². The Balaban J connectivity index is 2.05. The summed E-state index contributed by atoms with van der Waals surface area (Å²) in [6, 6.07) is -2.10. The number of hydrogen-bond donors (Lipinski definition) is 8. The highest BCUT2D eigenvalue weighted by Crippen LogP contribution is 2.28. The van der Waals surface area contributed by atoms with Gasteiger partial charge in [0.15, 0.2) is 6.29 Å². The molecule has 0 radical (unpaired) electrons. The molecule has 0 spiro atoms. The quantitative estimate of drug-likeness (QED) is 0.226. The minimum Gasteiger partial charge on any atom is -0.391 e. The molecule has 0 amide bonds. The Hall–Kier alpha value is -0.400. The first-order valence-corrected chi connectivity index (χ1v) is 9.50. The van der Waals surface area contributed by atoms with Gasteiger partial charge in [-0.1, -0.05) is 13.8 Å². The maximum absolute atomic E-state index is 10.5. The molecule has 1 aliphatic heterocycles. The van der Waals surface area contributed by atoms with Crippen molar-refractivity contribution in [2.75, 3.05) is 6.54 Å². The van der Waals surface area contributed by atoms with Gasteiger partial charge in [0.1, 0.15) is 30.5 Å². The van der Waals surface area contributed by atoms with E-state index in [-0.39, 0.29) is 6.04 Å². The van der Waals surface area contributed by atoms with Crippen LogP contribution in [0.1, 0.15) is 27.2 Å². The van der Waals surface area contributed by atoms with E-state index in [4.69, 9.17) is 20.9 Å². The van der Waals surface area contributed by atoms with E-state index in [1.54, 1.807) is 0 Å². The first-order valence-electron chi connectivity index (χ1n) is 9.50. The average Bonchev–Trinajstić information content (AvgIpc) is 2.59. The topological polar surface area (TPSA) is 184 Å². The van der Waals surface area contributed by atoms with Gasteiger partial charge in [0.05, 0.1) is 18.2 Å². The first-order chi connectivity index (χ1) is 12.5. The molecule has 2 aliphatic rings. The van der Waals surface area contributed by atoms with E-state index in [0.717, 1.165) is 0 Å². The van der Waals surface area contributed by atoms with Crippen molar-refractivity contribution in [2.24, 2.45) is 17.4 Å². The third-order valence-electron chi connectivity index (χ3n) is 5.29. The van der Waals surface area contributed by atoms with Crippen LogP contribution in [0.15, 0.2) is 0 Å². The zero-order valence-corrected chi connectivity index (χ0v) is 16.0. The van der Waals surface area contributed by atoms with Crippen LogP contribution in [0.3, 0.4) is 0 Å². The molecule has 11 atom stereocenters. The monoisotopic (exact) mass is 393 g/mol. The van der Waals surface area contributed by atoms with Crippen LogP contribution in [0.5, 0.6) is 0 Å². The van der Waals surface area contributed by atoms with Crippen LogP contribution in [0.25, 0.3) is 0 Å². The summed E-state index contributed by atoms with van der Waals surface area (Å²) in [6.45, 7) is 6.14. The van der Waals surface area contributed by atoms with Crippen molar-refractivity contribution in [1.29, 1.82) is 0 Å². The smallest absolute Gasteiger partial charge is 0.176 e. The molecule has 0 aromatic rings. The third-order valence-corrected chi connectivity index (χ3v) is 5.29. The average molecular weight is 393 g/mol. The van der Waals surface area contributed by atoms with Crippen LogP contribution < -0.4 is 16.8 Å². The van der Waals surface area contributed by atoms with Gasteiger partial charge in [0.25, 0.3) is 0 Å². The van der Waals surface area contributed by atoms with Gasteiger partial charge in [-0.25, -0.2) is 0 Å². The summed E-state index contributed by atoms with van der Waals surface area (Å²) in [7, 11) is 0. The lowest BCUT2D eigenvalue weighted by Crippen LogP contribution is -2.68. The van der Waals surface area contributed by atoms with Crippen LogP contribution in [-0.4, -0.2) is 99.2 Å². The number of hydrogen-bond acceptors (Lipinski definition) is 10. The third kappa shape index (κ3) is 5.15. The van der Waals surface area contributed by atoms with E-state index in [1.165, 1.54) is 6.92 Å². The number of aliphatic hydroxyl groups is 5. The number of rotatable bonds is 6. The second-order valence-corrected chi connectivity index (χ2v) is 8.16. The second-order valence-electron chi connectivity index (χ2n) is 8.16. The van der Waals surface area contributed by atoms with Crippen molar-refractivity contribution >= 4 is 0 Å². The molecule has 1 heterocycles. The lowest BCUT2D eigenvalue weighted by atomic mass is 9.83. The Bertz CT molecular complexity index is 470. The summed E-state index contributed by atoms with van der Waals surface area (Å²) in [5, 5.41) is 54.0. The minimum absolute atomic E-state index is 0.364. The fraction of sp³-hybridized carbons (Fsp3) is 1.00. The van der Waals surface area contributed by atoms with Gasteiger partial charge in [0, 0.05) is 12.1 Å². The van der Waals surface area contributed by atoms with Gasteiger partial charge in [0.2, 0.25) is 0 Å². The van der Waals surface area contributed by atoms with Gasteiger partial charge in [-0.3, -0.25) is 0 Å². The van der Waals surface area contributed by atoms with E-state index in [1.807, 2.05) is 13.8 Å². The molecule has 1 saturated carbocycles. The first kappa shape index (κ1) is 22.9. The number of nitrogens with one attached hydrogen (secondary N) is 1. The van der Waals surface area contributed by atoms with Crippen molar-refractivity contribution in [2.45, 2.75) is 94.3 Å². The molecule has 10 nitrogen and oxygen atoms in total. The predicted molar refractivity (Wildman–Crippen MR) is 96.4 cm³/mol. The molecule has 27 heavy (non-hydrogen) atoms. The van der Waals surface area contributed by atoms with E-state index in [2.05, 4.69) is 5.32 Å². The summed E-state index contributed by atoms with van der Waals surface area (Å²) >= 11 is 0. The molecular formula is C17H35N3O7. The number of ether oxygens (including phenoxy) is 2. The maximum Gasteiger partial charge on any atom is 0.176 e. The Kier molecular flexibility index (Phi) is 7.97. The summed E-state index contributed by atoms with van der Waals surface area (Å²) in [5.41, 5.74) is 12.0. The van der Waals surface area contributed by atoms with Gasteiger partial charge in [-0.2, -0.15) is 0 Å². The van der Waals surface area contributed by atoms with Crippen molar-refractivity contribution in [3.63, 3.8) is 0 Å². The highest BCUT2D eigenvalue weighted by atomic mass is 16.7. The molecule has 2 rings (SSSR count). The molecule has 1 aliphatic carbocycles. The zero-order chi connectivity index (χ0) is 20.5. The lowest BCUT2D eigenvalue weighted by molar-refractivity contribution is -0.301. The normalized spacial score (nSPS) is 47.2. The van der Waals surface area contributed by atoms with Crippen LogP contribution in [0.2, 0.25) is 0 Å². The summed E-state index contributed by atoms with van der Waals surface area (Å²) in [6.07, 6.45) is -9.15. The van der Waals surface area contributed by atoms with Gasteiger partial charge >= 0.3 is 0 Å². The van der Waals surface area contributed by atoms with Crippen LogP contribution in [0.4, 0.5) is 0 Å². The molecule has 0 aromatic heterocycles. The van der Waals surface area contributed by atoms with Crippen molar-refractivity contribution < 1.29 is 35.0 Å². The number of aliphatic hydroxyl groups excluding tert-OH is 5. The fourth-order valence-corrected chi connectivity index (χ4v) is 3.61. The van der Waals surface area contributed by atoms with E-state index >= 15 is 0 Å². The molecule has 160 valence electrons. The Morgan fingerprint density at radius 1 is 1.04 bits per heavy atom. The van der Waals surface area contributed by atoms with E-state index in [0.29, 0.717) is 18.9 Å². The van der Waals surface area contributed by atoms with E-state index < -0.39 is 61.1 Å². The van der Waals surface area contributed by atoms with Crippen molar-refractivity contribution in [3.8, 4) is 0 Å². The van der Waals surface area contributed by atoms with Gasteiger partial charge < -0.3 is 51.8 Å². The molecular weight excluding hydrogens is 358 g/mol. The summed E-state index contributed by atoms with van der Waals surface area (Å²) in [4.78, 5) is 0. The second kappa shape index (κ2) is 9.40. The Morgan fingerprint density at radius 2 is 1.67 bits per heavy atom.